The van der Waals surface area contributed by atoms with Crippen LogP contribution >= 0.6 is 0 Å². The van der Waals surface area contributed by atoms with Gasteiger partial charge in [-0.15, -0.1) is 0 Å². The van der Waals surface area contributed by atoms with Gasteiger partial charge >= 0.3 is 0 Å². The van der Waals surface area contributed by atoms with Crippen molar-refractivity contribution in [1.82, 2.24) is 15.5 Å². The molecule has 2 aromatic carbocycles. The molecule has 0 amide bonds. The Morgan fingerprint density at radius 1 is 1.10 bits per heavy atom. The zero-order valence-electron chi connectivity index (χ0n) is 11.9. The van der Waals surface area contributed by atoms with E-state index in [2.05, 4.69) is 46.6 Å². The van der Waals surface area contributed by atoms with Gasteiger partial charge in [0.15, 0.2) is 0 Å². The van der Waals surface area contributed by atoms with E-state index in [1.54, 1.807) is 0 Å². The molecule has 2 unspecified atom stereocenters. The van der Waals surface area contributed by atoms with Crippen LogP contribution in [0.4, 0.5) is 0 Å². The van der Waals surface area contributed by atoms with Gasteiger partial charge in [-0.2, -0.15) is 4.98 Å². The molecule has 4 heteroatoms. The molecule has 2 heterocycles. The van der Waals surface area contributed by atoms with Gasteiger partial charge in [0.2, 0.25) is 11.7 Å². The lowest BCUT2D eigenvalue weighted by Crippen LogP contribution is -2.08. The number of aromatic nitrogens is 2. The summed E-state index contributed by atoms with van der Waals surface area (Å²) in [4.78, 5) is 4.60. The molecule has 0 radical (unpaired) electrons. The van der Waals surface area contributed by atoms with E-state index in [0.29, 0.717) is 17.7 Å². The van der Waals surface area contributed by atoms with Gasteiger partial charge in [0.25, 0.3) is 0 Å². The molecule has 1 fully saturated rings. The molecule has 3 aromatic rings. The fourth-order valence-corrected chi connectivity index (χ4v) is 2.97. The molecular weight excluding hydrogens is 262 g/mol. The third kappa shape index (κ3) is 2.21. The van der Waals surface area contributed by atoms with Gasteiger partial charge in [-0.05, 0) is 29.3 Å². The van der Waals surface area contributed by atoms with Gasteiger partial charge in [0.05, 0.1) is 5.92 Å². The van der Waals surface area contributed by atoms with Crippen molar-refractivity contribution in [3.8, 4) is 11.4 Å². The van der Waals surface area contributed by atoms with E-state index in [0.717, 1.165) is 24.5 Å². The first-order chi connectivity index (χ1) is 10.3. The maximum absolute atomic E-state index is 5.48. The van der Waals surface area contributed by atoms with E-state index in [9.17, 15) is 0 Å². The van der Waals surface area contributed by atoms with Crippen LogP contribution in [0.1, 0.15) is 18.7 Å². The van der Waals surface area contributed by atoms with Gasteiger partial charge in [0, 0.05) is 12.1 Å². The highest BCUT2D eigenvalue weighted by Gasteiger charge is 2.29. The van der Waals surface area contributed by atoms with E-state index in [4.69, 9.17) is 4.52 Å². The third-order valence-electron chi connectivity index (χ3n) is 4.28. The molecular formula is C17H17N3O. The highest BCUT2D eigenvalue weighted by Crippen LogP contribution is 2.29. The lowest BCUT2D eigenvalue weighted by molar-refractivity contribution is 0.340. The Morgan fingerprint density at radius 3 is 2.76 bits per heavy atom. The molecule has 4 rings (SSSR count). The van der Waals surface area contributed by atoms with Crippen molar-refractivity contribution in [1.29, 1.82) is 0 Å². The van der Waals surface area contributed by atoms with Crippen molar-refractivity contribution in [2.45, 2.75) is 12.8 Å². The fraction of sp³-hybridized carbons (Fsp3) is 0.294. The zero-order chi connectivity index (χ0) is 14.2. The van der Waals surface area contributed by atoms with Crippen LogP contribution in [0.3, 0.4) is 0 Å². The molecule has 0 aliphatic carbocycles. The van der Waals surface area contributed by atoms with Crippen molar-refractivity contribution in [3.63, 3.8) is 0 Å². The van der Waals surface area contributed by atoms with Crippen molar-refractivity contribution in [2.24, 2.45) is 5.92 Å². The summed E-state index contributed by atoms with van der Waals surface area (Å²) in [6, 6.07) is 14.5. The number of rotatable bonds is 2. The quantitative estimate of drug-likeness (QED) is 0.782. The molecule has 0 spiro atoms. The van der Waals surface area contributed by atoms with Crippen molar-refractivity contribution >= 4 is 10.8 Å². The summed E-state index contributed by atoms with van der Waals surface area (Å²) >= 11 is 0. The topological polar surface area (TPSA) is 51.0 Å². The maximum atomic E-state index is 5.48. The molecule has 1 aliphatic rings. The summed E-state index contributed by atoms with van der Waals surface area (Å²) in [5, 5.41) is 9.94. The highest BCUT2D eigenvalue weighted by molar-refractivity contribution is 5.86. The Labute approximate surface area is 123 Å². The van der Waals surface area contributed by atoms with E-state index in [-0.39, 0.29) is 0 Å². The van der Waals surface area contributed by atoms with Gasteiger partial charge in [-0.3, -0.25) is 0 Å². The number of fused-ring (bicyclic) bond motifs is 1. The van der Waals surface area contributed by atoms with Crippen LogP contribution in [-0.4, -0.2) is 23.2 Å². The van der Waals surface area contributed by atoms with Crippen LogP contribution in [0, 0.1) is 5.92 Å². The van der Waals surface area contributed by atoms with Gasteiger partial charge < -0.3 is 9.84 Å². The highest BCUT2D eigenvalue weighted by atomic mass is 16.5. The van der Waals surface area contributed by atoms with Gasteiger partial charge in [0.1, 0.15) is 0 Å². The predicted octanol–water partition coefficient (Wildman–Crippen LogP) is 3.21. The average molecular weight is 279 g/mol. The first-order valence-corrected chi connectivity index (χ1v) is 7.35. The minimum absolute atomic E-state index is 0.326. The Balaban J connectivity index is 1.70. The molecule has 1 aromatic heterocycles. The Bertz CT molecular complexity index is 780. The second-order valence-electron chi connectivity index (χ2n) is 5.76. The first-order valence-electron chi connectivity index (χ1n) is 7.35. The normalized spacial score (nSPS) is 22.0. The summed E-state index contributed by atoms with van der Waals surface area (Å²) in [7, 11) is 0. The number of hydrogen-bond acceptors (Lipinski definition) is 4. The zero-order valence-corrected chi connectivity index (χ0v) is 11.9. The lowest BCUT2D eigenvalue weighted by atomic mass is 9.98. The number of nitrogens with one attached hydrogen (secondary N) is 1. The van der Waals surface area contributed by atoms with Crippen molar-refractivity contribution in [3.05, 3.63) is 48.4 Å². The summed E-state index contributed by atoms with van der Waals surface area (Å²) < 4.78 is 5.48. The summed E-state index contributed by atoms with van der Waals surface area (Å²) in [5.41, 5.74) is 1.00. The lowest BCUT2D eigenvalue weighted by Gasteiger charge is -2.07. The van der Waals surface area contributed by atoms with E-state index in [1.165, 1.54) is 10.8 Å². The molecule has 106 valence electrons. The van der Waals surface area contributed by atoms with Crippen molar-refractivity contribution in [2.75, 3.05) is 13.1 Å². The average Bonchev–Trinajstić information content (AvgIpc) is 3.15. The second-order valence-corrected chi connectivity index (χ2v) is 5.76. The summed E-state index contributed by atoms with van der Waals surface area (Å²) in [5.74, 6) is 2.28. The molecule has 0 bridgehead atoms. The van der Waals surface area contributed by atoms with Crippen LogP contribution in [0.15, 0.2) is 47.0 Å². The first kappa shape index (κ1) is 12.5. The molecule has 2 atom stereocenters. The van der Waals surface area contributed by atoms with Crippen LogP contribution in [0.5, 0.6) is 0 Å². The molecule has 21 heavy (non-hydrogen) atoms. The number of nitrogens with zero attached hydrogens (tertiary/aromatic N) is 2. The van der Waals surface area contributed by atoms with Crippen LogP contribution in [0.25, 0.3) is 22.2 Å². The molecule has 1 saturated heterocycles. The minimum Gasteiger partial charge on any atom is -0.339 e. The van der Waals surface area contributed by atoms with Crippen LogP contribution < -0.4 is 5.32 Å². The SMILES string of the molecule is CC1CNCC1c1nc(-c2ccc3ccccc3c2)no1. The third-order valence-corrected chi connectivity index (χ3v) is 4.28. The Kier molecular flexibility index (Phi) is 2.97. The number of benzene rings is 2. The number of hydrogen-bond donors (Lipinski definition) is 1. The molecule has 1 N–H and O–H groups in total. The molecule has 1 aliphatic heterocycles. The summed E-state index contributed by atoms with van der Waals surface area (Å²) in [6.45, 7) is 4.14. The Hall–Kier alpha value is -2.20. The van der Waals surface area contributed by atoms with Gasteiger partial charge in [-0.1, -0.05) is 48.5 Å². The van der Waals surface area contributed by atoms with Crippen LogP contribution in [0.2, 0.25) is 0 Å². The Morgan fingerprint density at radius 2 is 1.95 bits per heavy atom. The van der Waals surface area contributed by atoms with E-state index in [1.807, 2.05) is 18.2 Å². The second kappa shape index (κ2) is 4.97. The predicted molar refractivity (Wildman–Crippen MR) is 82.0 cm³/mol. The largest absolute Gasteiger partial charge is 0.339 e. The molecule has 0 saturated carbocycles. The molecule has 4 nitrogen and oxygen atoms in total. The maximum Gasteiger partial charge on any atom is 0.231 e. The monoisotopic (exact) mass is 279 g/mol. The summed E-state index contributed by atoms with van der Waals surface area (Å²) in [6.07, 6.45) is 0. The fourth-order valence-electron chi connectivity index (χ4n) is 2.97. The van der Waals surface area contributed by atoms with Crippen molar-refractivity contribution < 1.29 is 4.52 Å². The minimum atomic E-state index is 0.326. The van der Waals surface area contributed by atoms with E-state index >= 15 is 0 Å². The smallest absolute Gasteiger partial charge is 0.231 e. The van der Waals surface area contributed by atoms with E-state index < -0.39 is 0 Å². The van der Waals surface area contributed by atoms with Crippen LogP contribution in [-0.2, 0) is 0 Å². The standard InChI is InChI=1S/C17H17N3O/c1-11-9-18-10-15(11)17-19-16(20-21-17)14-7-6-12-4-2-3-5-13(12)8-14/h2-8,11,15,18H,9-10H2,1H3. The van der Waals surface area contributed by atoms with Gasteiger partial charge in [-0.25, -0.2) is 0 Å².